The molecule has 0 aromatic heterocycles. The zero-order chi connectivity index (χ0) is 10.7. The van der Waals surface area contributed by atoms with Gasteiger partial charge in [-0.25, -0.2) is 0 Å². The maximum absolute atomic E-state index is 2.33. The Hall–Kier alpha value is -1.30. The molecule has 15 heavy (non-hydrogen) atoms. The highest BCUT2D eigenvalue weighted by molar-refractivity contribution is 5.64. The number of benzene rings is 1. The predicted molar refractivity (Wildman–Crippen MR) is 66.9 cm³/mol. The molecule has 0 saturated carbocycles. The van der Waals surface area contributed by atoms with Crippen molar-refractivity contribution >= 4 is 6.08 Å². The van der Waals surface area contributed by atoms with Gasteiger partial charge in [-0.3, -0.25) is 0 Å². The summed E-state index contributed by atoms with van der Waals surface area (Å²) in [5.74, 6) is 0. The molecule has 1 atom stereocenters. The van der Waals surface area contributed by atoms with Crippen LogP contribution in [0.3, 0.4) is 0 Å². The number of hydrogen-bond donors (Lipinski definition) is 0. The summed E-state index contributed by atoms with van der Waals surface area (Å²) >= 11 is 0. The van der Waals surface area contributed by atoms with Crippen molar-refractivity contribution in [3.63, 3.8) is 0 Å². The van der Waals surface area contributed by atoms with Crippen molar-refractivity contribution in [3.05, 3.63) is 53.6 Å². The van der Waals surface area contributed by atoms with Gasteiger partial charge in [0, 0.05) is 5.41 Å². The summed E-state index contributed by atoms with van der Waals surface area (Å²) in [5.41, 5.74) is 3.05. The van der Waals surface area contributed by atoms with E-state index in [1.807, 2.05) is 0 Å². The Bertz CT molecular complexity index is 398. The van der Waals surface area contributed by atoms with E-state index in [9.17, 15) is 0 Å². The van der Waals surface area contributed by atoms with Gasteiger partial charge in [0.2, 0.25) is 0 Å². The van der Waals surface area contributed by atoms with E-state index in [1.54, 1.807) is 0 Å². The molecule has 2 rings (SSSR count). The lowest BCUT2D eigenvalue weighted by molar-refractivity contribution is 0.616. The van der Waals surface area contributed by atoms with Gasteiger partial charge < -0.3 is 0 Å². The highest BCUT2D eigenvalue weighted by atomic mass is 14.3. The largest absolute Gasteiger partial charge is 0.0888 e. The molecular formula is C15H18. The minimum Gasteiger partial charge on any atom is -0.0888 e. The van der Waals surface area contributed by atoms with Crippen LogP contribution in [0.15, 0.2) is 42.5 Å². The van der Waals surface area contributed by atoms with Crippen molar-refractivity contribution in [2.24, 2.45) is 0 Å². The number of hydrogen-bond acceptors (Lipinski definition) is 0. The Labute approximate surface area is 92.3 Å². The van der Waals surface area contributed by atoms with E-state index >= 15 is 0 Å². The van der Waals surface area contributed by atoms with Crippen molar-refractivity contribution < 1.29 is 0 Å². The van der Waals surface area contributed by atoms with Gasteiger partial charge in [-0.2, -0.15) is 0 Å². The van der Waals surface area contributed by atoms with Crippen molar-refractivity contribution in [1.82, 2.24) is 0 Å². The van der Waals surface area contributed by atoms with Crippen molar-refractivity contribution in [1.29, 1.82) is 0 Å². The standard InChI is InChI=1S/C15H18/c1-3-4-7-11-15(2)12-10-13-8-5-6-9-14(13)15/h4-10,12H,3,11H2,1-2H3/b7-4+. The normalized spacial score (nSPS) is 23.6. The smallest absolute Gasteiger partial charge is 0.0147 e. The van der Waals surface area contributed by atoms with E-state index in [2.05, 4.69) is 62.4 Å². The fourth-order valence-electron chi connectivity index (χ4n) is 2.20. The molecule has 0 heterocycles. The Kier molecular flexibility index (Phi) is 2.77. The van der Waals surface area contributed by atoms with E-state index in [4.69, 9.17) is 0 Å². The maximum atomic E-state index is 2.33. The first-order valence-electron chi connectivity index (χ1n) is 5.70. The topological polar surface area (TPSA) is 0 Å². The maximum Gasteiger partial charge on any atom is 0.0147 e. The van der Waals surface area contributed by atoms with Gasteiger partial charge in [0.05, 0.1) is 0 Å². The van der Waals surface area contributed by atoms with Gasteiger partial charge in [-0.05, 0) is 24.0 Å². The second-order valence-corrected chi connectivity index (χ2v) is 4.42. The first-order chi connectivity index (χ1) is 7.26. The third-order valence-electron chi connectivity index (χ3n) is 3.15. The Morgan fingerprint density at radius 2 is 2.00 bits per heavy atom. The Morgan fingerprint density at radius 3 is 2.80 bits per heavy atom. The molecule has 78 valence electrons. The third kappa shape index (κ3) is 1.90. The van der Waals surface area contributed by atoms with E-state index in [0.717, 1.165) is 12.8 Å². The number of allylic oxidation sites excluding steroid dienone is 3. The van der Waals surface area contributed by atoms with Gasteiger partial charge in [0.25, 0.3) is 0 Å². The van der Waals surface area contributed by atoms with Crippen molar-refractivity contribution in [2.75, 3.05) is 0 Å². The molecule has 0 fully saturated rings. The average molecular weight is 198 g/mol. The molecule has 0 spiro atoms. The summed E-state index contributed by atoms with van der Waals surface area (Å²) < 4.78 is 0. The van der Waals surface area contributed by atoms with E-state index in [-0.39, 0.29) is 5.41 Å². The number of rotatable bonds is 3. The molecule has 1 aliphatic carbocycles. The lowest BCUT2D eigenvalue weighted by atomic mass is 9.81. The molecule has 0 nitrogen and oxygen atoms in total. The quantitative estimate of drug-likeness (QED) is 0.634. The summed E-state index contributed by atoms with van der Waals surface area (Å²) in [6, 6.07) is 8.68. The summed E-state index contributed by atoms with van der Waals surface area (Å²) in [4.78, 5) is 0. The molecule has 0 radical (unpaired) electrons. The van der Waals surface area contributed by atoms with Crippen LogP contribution in [0.25, 0.3) is 6.08 Å². The molecule has 0 aliphatic heterocycles. The minimum absolute atomic E-state index is 0.211. The molecular weight excluding hydrogens is 180 g/mol. The Balaban J connectivity index is 2.25. The van der Waals surface area contributed by atoms with Crippen LogP contribution in [-0.2, 0) is 5.41 Å². The van der Waals surface area contributed by atoms with Gasteiger partial charge in [-0.1, -0.05) is 62.4 Å². The minimum atomic E-state index is 0.211. The SMILES string of the molecule is CC/C=C/CC1(C)C=Cc2ccccc21. The zero-order valence-corrected chi connectivity index (χ0v) is 9.53. The fourth-order valence-corrected chi connectivity index (χ4v) is 2.20. The van der Waals surface area contributed by atoms with E-state index < -0.39 is 0 Å². The molecule has 0 amide bonds. The van der Waals surface area contributed by atoms with Crippen LogP contribution in [-0.4, -0.2) is 0 Å². The van der Waals surface area contributed by atoms with Crippen LogP contribution in [0.2, 0.25) is 0 Å². The molecule has 1 aliphatic rings. The first kappa shape index (κ1) is 10.2. The van der Waals surface area contributed by atoms with Crippen LogP contribution in [0.5, 0.6) is 0 Å². The molecule has 1 aromatic rings. The first-order valence-corrected chi connectivity index (χ1v) is 5.70. The molecule has 0 bridgehead atoms. The summed E-state index contributed by atoms with van der Waals surface area (Å²) in [6.45, 7) is 4.49. The van der Waals surface area contributed by atoms with Crippen LogP contribution in [0, 0.1) is 0 Å². The third-order valence-corrected chi connectivity index (χ3v) is 3.15. The van der Waals surface area contributed by atoms with Crippen LogP contribution in [0.4, 0.5) is 0 Å². The van der Waals surface area contributed by atoms with E-state index in [1.165, 1.54) is 11.1 Å². The molecule has 0 saturated heterocycles. The Morgan fingerprint density at radius 1 is 1.20 bits per heavy atom. The monoisotopic (exact) mass is 198 g/mol. The predicted octanol–water partition coefficient (Wildman–Crippen LogP) is 4.33. The average Bonchev–Trinajstić information content (AvgIpc) is 2.59. The number of fused-ring (bicyclic) bond motifs is 1. The lowest BCUT2D eigenvalue weighted by Gasteiger charge is -2.22. The second-order valence-electron chi connectivity index (χ2n) is 4.42. The van der Waals surface area contributed by atoms with Crippen molar-refractivity contribution in [3.8, 4) is 0 Å². The van der Waals surface area contributed by atoms with Gasteiger partial charge >= 0.3 is 0 Å². The fraction of sp³-hybridized carbons (Fsp3) is 0.333. The highest BCUT2D eigenvalue weighted by Gasteiger charge is 2.27. The summed E-state index contributed by atoms with van der Waals surface area (Å²) in [6.07, 6.45) is 11.4. The van der Waals surface area contributed by atoms with Gasteiger partial charge in [0.1, 0.15) is 0 Å². The van der Waals surface area contributed by atoms with Crippen LogP contribution in [0.1, 0.15) is 37.8 Å². The summed E-state index contributed by atoms with van der Waals surface area (Å²) in [7, 11) is 0. The van der Waals surface area contributed by atoms with Crippen LogP contribution < -0.4 is 0 Å². The summed E-state index contributed by atoms with van der Waals surface area (Å²) in [5, 5.41) is 0. The molecule has 1 aromatic carbocycles. The molecule has 1 unspecified atom stereocenters. The molecule has 0 heteroatoms. The lowest BCUT2D eigenvalue weighted by Crippen LogP contribution is -2.15. The van der Waals surface area contributed by atoms with Crippen molar-refractivity contribution in [2.45, 2.75) is 32.1 Å². The van der Waals surface area contributed by atoms with Crippen LogP contribution >= 0.6 is 0 Å². The van der Waals surface area contributed by atoms with Gasteiger partial charge in [-0.15, -0.1) is 0 Å². The highest BCUT2D eigenvalue weighted by Crippen LogP contribution is 2.38. The van der Waals surface area contributed by atoms with Gasteiger partial charge in [0.15, 0.2) is 0 Å². The second kappa shape index (κ2) is 4.06. The molecule has 0 N–H and O–H groups in total. The van der Waals surface area contributed by atoms with E-state index in [0.29, 0.717) is 0 Å². The zero-order valence-electron chi connectivity index (χ0n) is 9.53.